The summed E-state index contributed by atoms with van der Waals surface area (Å²) in [5.74, 6) is 1.38. The van der Waals surface area contributed by atoms with Gasteiger partial charge >= 0.3 is 0 Å². The third-order valence-corrected chi connectivity index (χ3v) is 4.70. The SMILES string of the molecule is O=C(N[C@@H]1C[C@@H]1c1ccccc1)[C@@H]1C[C@H]1c1ccccc1. The lowest BCUT2D eigenvalue weighted by atomic mass is 10.1. The average molecular weight is 277 g/mol. The summed E-state index contributed by atoms with van der Waals surface area (Å²) in [5.41, 5.74) is 2.64. The van der Waals surface area contributed by atoms with Crippen molar-refractivity contribution in [1.82, 2.24) is 5.32 Å². The summed E-state index contributed by atoms with van der Waals surface area (Å²) in [6.45, 7) is 0. The Morgan fingerprint density at radius 1 is 0.810 bits per heavy atom. The van der Waals surface area contributed by atoms with E-state index in [0.29, 0.717) is 17.9 Å². The number of benzene rings is 2. The van der Waals surface area contributed by atoms with Crippen LogP contribution in [0.25, 0.3) is 0 Å². The number of hydrogen-bond donors (Lipinski definition) is 1. The summed E-state index contributed by atoms with van der Waals surface area (Å²) in [6, 6.07) is 21.2. The van der Waals surface area contributed by atoms with E-state index in [-0.39, 0.29) is 11.8 Å². The van der Waals surface area contributed by atoms with Gasteiger partial charge in [-0.15, -0.1) is 0 Å². The molecule has 1 N–H and O–H groups in total. The normalized spacial score (nSPS) is 29.7. The Kier molecular flexibility index (Phi) is 3.03. The van der Waals surface area contributed by atoms with Crippen LogP contribution in [0.4, 0.5) is 0 Å². The fraction of sp³-hybridized carbons (Fsp3) is 0.316. The van der Waals surface area contributed by atoms with E-state index in [1.807, 2.05) is 12.1 Å². The molecule has 0 aliphatic heterocycles. The number of hydrogen-bond acceptors (Lipinski definition) is 1. The van der Waals surface area contributed by atoms with Gasteiger partial charge in [-0.1, -0.05) is 60.7 Å². The van der Waals surface area contributed by atoms with E-state index >= 15 is 0 Å². The molecular formula is C19H19NO. The number of amides is 1. The zero-order chi connectivity index (χ0) is 14.2. The lowest BCUT2D eigenvalue weighted by Gasteiger charge is -2.05. The molecule has 106 valence electrons. The molecule has 0 spiro atoms. The molecule has 2 nitrogen and oxygen atoms in total. The molecule has 2 aromatic rings. The Balaban J connectivity index is 1.33. The van der Waals surface area contributed by atoms with E-state index in [4.69, 9.17) is 0 Å². The highest BCUT2D eigenvalue weighted by atomic mass is 16.2. The minimum atomic E-state index is 0.185. The zero-order valence-corrected chi connectivity index (χ0v) is 11.9. The Morgan fingerprint density at radius 2 is 1.38 bits per heavy atom. The van der Waals surface area contributed by atoms with Crippen molar-refractivity contribution in [1.29, 1.82) is 0 Å². The van der Waals surface area contributed by atoms with Crippen LogP contribution < -0.4 is 5.32 Å². The second kappa shape index (κ2) is 5.03. The van der Waals surface area contributed by atoms with Gasteiger partial charge < -0.3 is 5.32 Å². The van der Waals surface area contributed by atoms with Crippen molar-refractivity contribution in [2.75, 3.05) is 0 Å². The van der Waals surface area contributed by atoms with Crippen LogP contribution in [0.2, 0.25) is 0 Å². The van der Waals surface area contributed by atoms with Crippen molar-refractivity contribution in [2.45, 2.75) is 30.7 Å². The van der Waals surface area contributed by atoms with Crippen molar-refractivity contribution < 1.29 is 4.79 Å². The highest BCUT2D eigenvalue weighted by Crippen LogP contribution is 2.48. The molecule has 2 fully saturated rings. The van der Waals surface area contributed by atoms with Crippen LogP contribution >= 0.6 is 0 Å². The quantitative estimate of drug-likeness (QED) is 0.911. The summed E-state index contributed by atoms with van der Waals surface area (Å²) in [7, 11) is 0. The average Bonchev–Trinajstić information content (AvgIpc) is 3.43. The molecule has 0 unspecified atom stereocenters. The Morgan fingerprint density at radius 3 is 2.00 bits per heavy atom. The van der Waals surface area contributed by atoms with Gasteiger partial charge in [-0.3, -0.25) is 4.79 Å². The predicted octanol–water partition coefficient (Wildman–Crippen LogP) is 3.46. The molecule has 2 aliphatic carbocycles. The lowest BCUT2D eigenvalue weighted by Crippen LogP contribution is -2.28. The van der Waals surface area contributed by atoms with Gasteiger partial charge in [0, 0.05) is 17.9 Å². The van der Waals surface area contributed by atoms with Crippen LogP contribution in [0.3, 0.4) is 0 Å². The largest absolute Gasteiger partial charge is 0.352 e. The van der Waals surface area contributed by atoms with E-state index in [1.54, 1.807) is 0 Å². The van der Waals surface area contributed by atoms with Crippen molar-refractivity contribution in [3.05, 3.63) is 71.8 Å². The number of carbonyl (C=O) groups excluding carboxylic acids is 1. The molecule has 0 aromatic heterocycles. The number of rotatable bonds is 4. The first kappa shape index (κ1) is 12.6. The van der Waals surface area contributed by atoms with Crippen molar-refractivity contribution in [3.63, 3.8) is 0 Å². The topological polar surface area (TPSA) is 29.1 Å². The molecule has 1 amide bonds. The fourth-order valence-electron chi connectivity index (χ4n) is 3.27. The molecule has 21 heavy (non-hydrogen) atoms. The van der Waals surface area contributed by atoms with E-state index in [1.165, 1.54) is 11.1 Å². The minimum Gasteiger partial charge on any atom is -0.352 e. The van der Waals surface area contributed by atoms with Crippen LogP contribution in [0.1, 0.15) is 35.8 Å². The highest BCUT2D eigenvalue weighted by Gasteiger charge is 2.47. The smallest absolute Gasteiger partial charge is 0.223 e. The summed E-state index contributed by atoms with van der Waals surface area (Å²) in [6.07, 6.45) is 2.08. The minimum absolute atomic E-state index is 0.185. The van der Waals surface area contributed by atoms with Gasteiger partial charge in [-0.05, 0) is 29.9 Å². The van der Waals surface area contributed by atoms with Gasteiger partial charge in [-0.2, -0.15) is 0 Å². The second-order valence-electron chi connectivity index (χ2n) is 6.23. The fourth-order valence-corrected chi connectivity index (χ4v) is 3.27. The molecule has 4 rings (SSSR count). The first-order valence-corrected chi connectivity index (χ1v) is 7.73. The Bertz CT molecular complexity index is 637. The molecule has 0 radical (unpaired) electrons. The summed E-state index contributed by atoms with van der Waals surface area (Å²) < 4.78 is 0. The van der Waals surface area contributed by atoms with Crippen molar-refractivity contribution >= 4 is 5.91 Å². The number of nitrogens with one attached hydrogen (secondary N) is 1. The van der Waals surface area contributed by atoms with E-state index in [2.05, 4.69) is 53.8 Å². The van der Waals surface area contributed by atoms with E-state index in [0.717, 1.165) is 12.8 Å². The Hall–Kier alpha value is -2.09. The van der Waals surface area contributed by atoms with Gasteiger partial charge in [0.15, 0.2) is 0 Å². The molecule has 2 aromatic carbocycles. The molecule has 2 heteroatoms. The Labute approximate surface area is 125 Å². The summed E-state index contributed by atoms with van der Waals surface area (Å²) >= 11 is 0. The van der Waals surface area contributed by atoms with Crippen LogP contribution in [-0.2, 0) is 4.79 Å². The van der Waals surface area contributed by atoms with Gasteiger partial charge in [0.05, 0.1) is 0 Å². The van der Waals surface area contributed by atoms with Gasteiger partial charge in [-0.25, -0.2) is 0 Å². The standard InChI is InChI=1S/C19H19NO/c21-19(17-11-15(17)13-7-3-1-4-8-13)20-18-12-16(18)14-9-5-2-6-10-14/h1-10,15-18H,11-12H2,(H,20,21)/t15-,16+,17+,18+/m0/s1. The molecule has 0 heterocycles. The predicted molar refractivity (Wildman–Crippen MR) is 83.0 cm³/mol. The van der Waals surface area contributed by atoms with Crippen LogP contribution in [0.15, 0.2) is 60.7 Å². The van der Waals surface area contributed by atoms with Crippen molar-refractivity contribution in [3.8, 4) is 0 Å². The first-order chi connectivity index (χ1) is 10.3. The molecule has 0 bridgehead atoms. The lowest BCUT2D eigenvalue weighted by molar-refractivity contribution is -0.122. The highest BCUT2D eigenvalue weighted by molar-refractivity contribution is 5.83. The number of carbonyl (C=O) groups is 1. The van der Waals surface area contributed by atoms with Crippen molar-refractivity contribution in [2.24, 2.45) is 5.92 Å². The maximum Gasteiger partial charge on any atom is 0.223 e. The van der Waals surface area contributed by atoms with Gasteiger partial charge in [0.25, 0.3) is 0 Å². The molecule has 2 saturated carbocycles. The summed E-state index contributed by atoms with van der Waals surface area (Å²) in [5, 5.41) is 3.23. The zero-order valence-electron chi connectivity index (χ0n) is 11.9. The van der Waals surface area contributed by atoms with E-state index < -0.39 is 0 Å². The summed E-state index contributed by atoms with van der Waals surface area (Å²) in [4.78, 5) is 12.3. The third kappa shape index (κ3) is 2.58. The van der Waals surface area contributed by atoms with Crippen LogP contribution in [0, 0.1) is 5.92 Å². The monoisotopic (exact) mass is 277 g/mol. The molecule has 0 saturated heterocycles. The van der Waals surface area contributed by atoms with Crippen LogP contribution in [0.5, 0.6) is 0 Å². The third-order valence-electron chi connectivity index (χ3n) is 4.70. The van der Waals surface area contributed by atoms with Gasteiger partial charge in [0.2, 0.25) is 5.91 Å². The first-order valence-electron chi connectivity index (χ1n) is 7.73. The maximum absolute atomic E-state index is 12.3. The van der Waals surface area contributed by atoms with Crippen LogP contribution in [-0.4, -0.2) is 11.9 Å². The molecular weight excluding hydrogens is 258 g/mol. The molecule has 4 atom stereocenters. The second-order valence-corrected chi connectivity index (χ2v) is 6.23. The van der Waals surface area contributed by atoms with E-state index in [9.17, 15) is 4.79 Å². The van der Waals surface area contributed by atoms with Gasteiger partial charge in [0.1, 0.15) is 0 Å². The molecule has 2 aliphatic rings. The maximum atomic E-state index is 12.3.